The maximum atomic E-state index is 13.5. The minimum Gasteiger partial charge on any atom is -0.328 e. The van der Waals surface area contributed by atoms with Gasteiger partial charge in [0.25, 0.3) is 0 Å². The van der Waals surface area contributed by atoms with Gasteiger partial charge in [-0.3, -0.25) is 0 Å². The van der Waals surface area contributed by atoms with E-state index in [1.807, 2.05) is 0 Å². The third-order valence-electron chi connectivity index (χ3n) is 3.11. The van der Waals surface area contributed by atoms with Gasteiger partial charge in [-0.05, 0) is 49.3 Å². The van der Waals surface area contributed by atoms with E-state index in [1.165, 1.54) is 6.07 Å². The van der Waals surface area contributed by atoms with Crippen LogP contribution in [0.2, 0.25) is 5.02 Å². The molecule has 15 heavy (non-hydrogen) atoms. The molecule has 0 radical (unpaired) electrons. The van der Waals surface area contributed by atoms with Crippen LogP contribution in [-0.4, -0.2) is 6.04 Å². The number of hydrogen-bond donors (Lipinski definition) is 1. The van der Waals surface area contributed by atoms with Crippen LogP contribution in [0.25, 0.3) is 0 Å². The predicted octanol–water partition coefficient (Wildman–Crippen LogP) is 3.15. The number of halogens is 2. The van der Waals surface area contributed by atoms with Crippen LogP contribution in [0.15, 0.2) is 18.2 Å². The quantitative estimate of drug-likeness (QED) is 0.825. The van der Waals surface area contributed by atoms with Crippen molar-refractivity contribution in [3.8, 4) is 0 Å². The van der Waals surface area contributed by atoms with E-state index in [0.29, 0.717) is 17.0 Å². The highest BCUT2D eigenvalue weighted by Crippen LogP contribution is 2.28. The molecule has 2 unspecified atom stereocenters. The van der Waals surface area contributed by atoms with E-state index in [2.05, 4.69) is 0 Å². The summed E-state index contributed by atoms with van der Waals surface area (Å²) in [5, 5.41) is 0.458. The fraction of sp³-hybridized carbons (Fsp3) is 0.500. The molecule has 3 heteroatoms. The first kappa shape index (κ1) is 10.9. The van der Waals surface area contributed by atoms with Gasteiger partial charge in [0.1, 0.15) is 5.82 Å². The Labute approximate surface area is 94.4 Å². The second kappa shape index (κ2) is 4.50. The Morgan fingerprint density at radius 2 is 2.20 bits per heavy atom. The second-order valence-corrected chi connectivity index (χ2v) is 4.82. The molecule has 1 saturated carbocycles. The molecule has 0 aromatic heterocycles. The molecule has 1 aliphatic carbocycles. The zero-order valence-corrected chi connectivity index (χ0v) is 9.30. The molecule has 0 heterocycles. The fourth-order valence-corrected chi connectivity index (χ4v) is 2.46. The third-order valence-corrected chi connectivity index (χ3v) is 3.34. The van der Waals surface area contributed by atoms with E-state index >= 15 is 0 Å². The first-order chi connectivity index (χ1) is 7.15. The van der Waals surface area contributed by atoms with Crippen LogP contribution in [0, 0.1) is 11.7 Å². The van der Waals surface area contributed by atoms with E-state index in [0.717, 1.165) is 31.2 Å². The van der Waals surface area contributed by atoms with Crippen molar-refractivity contribution in [2.75, 3.05) is 0 Å². The van der Waals surface area contributed by atoms with E-state index in [4.69, 9.17) is 17.3 Å². The summed E-state index contributed by atoms with van der Waals surface area (Å²) < 4.78 is 13.5. The molecule has 0 amide bonds. The molecular weight excluding hydrogens is 213 g/mol. The average molecular weight is 228 g/mol. The summed E-state index contributed by atoms with van der Waals surface area (Å²) in [5.74, 6) is 0.346. The van der Waals surface area contributed by atoms with Gasteiger partial charge in [-0.1, -0.05) is 17.7 Å². The van der Waals surface area contributed by atoms with Gasteiger partial charge in [-0.2, -0.15) is 0 Å². The molecule has 0 saturated heterocycles. The van der Waals surface area contributed by atoms with Gasteiger partial charge in [0.15, 0.2) is 0 Å². The van der Waals surface area contributed by atoms with Crippen LogP contribution in [0.3, 0.4) is 0 Å². The highest BCUT2D eigenvalue weighted by molar-refractivity contribution is 6.30. The molecule has 1 aromatic rings. The summed E-state index contributed by atoms with van der Waals surface area (Å²) in [6, 6.07) is 5.22. The molecule has 2 N–H and O–H groups in total. The summed E-state index contributed by atoms with van der Waals surface area (Å²) in [7, 11) is 0. The summed E-state index contributed by atoms with van der Waals surface area (Å²) in [4.78, 5) is 0. The average Bonchev–Trinajstić information content (AvgIpc) is 2.56. The van der Waals surface area contributed by atoms with Gasteiger partial charge in [0, 0.05) is 11.1 Å². The Bertz CT molecular complexity index is 353. The van der Waals surface area contributed by atoms with Crippen molar-refractivity contribution in [3.63, 3.8) is 0 Å². The number of rotatable bonds is 2. The standard InChI is InChI=1S/C12H15ClFN/c13-10-3-2-9(12(14)7-10)5-8-1-4-11(15)6-8/h2-3,7-8,11H,1,4-6,15H2. The lowest BCUT2D eigenvalue weighted by molar-refractivity contribution is 0.513. The van der Waals surface area contributed by atoms with Crippen molar-refractivity contribution < 1.29 is 4.39 Å². The fourth-order valence-electron chi connectivity index (χ4n) is 2.30. The molecule has 1 fully saturated rings. The van der Waals surface area contributed by atoms with E-state index in [-0.39, 0.29) is 5.82 Å². The predicted molar refractivity (Wildman–Crippen MR) is 60.4 cm³/mol. The molecule has 82 valence electrons. The molecular formula is C12H15ClFN. The Kier molecular flexibility index (Phi) is 3.27. The largest absolute Gasteiger partial charge is 0.328 e. The third kappa shape index (κ3) is 2.70. The Morgan fingerprint density at radius 1 is 1.40 bits per heavy atom. The number of benzene rings is 1. The van der Waals surface area contributed by atoms with Crippen molar-refractivity contribution in [3.05, 3.63) is 34.6 Å². The summed E-state index contributed by atoms with van der Waals surface area (Å²) in [5.41, 5.74) is 6.59. The first-order valence-corrected chi connectivity index (χ1v) is 5.72. The smallest absolute Gasteiger partial charge is 0.127 e. The van der Waals surface area contributed by atoms with Gasteiger partial charge in [-0.25, -0.2) is 4.39 Å². The van der Waals surface area contributed by atoms with Crippen molar-refractivity contribution in [1.82, 2.24) is 0 Å². The van der Waals surface area contributed by atoms with E-state index < -0.39 is 0 Å². The number of nitrogens with two attached hydrogens (primary N) is 1. The highest BCUT2D eigenvalue weighted by atomic mass is 35.5. The van der Waals surface area contributed by atoms with Crippen LogP contribution < -0.4 is 5.73 Å². The monoisotopic (exact) mass is 227 g/mol. The second-order valence-electron chi connectivity index (χ2n) is 4.38. The Balaban J connectivity index is 2.04. The normalized spacial score (nSPS) is 25.8. The molecule has 0 spiro atoms. The first-order valence-electron chi connectivity index (χ1n) is 5.34. The van der Waals surface area contributed by atoms with Crippen molar-refractivity contribution in [1.29, 1.82) is 0 Å². The minimum atomic E-state index is -0.192. The van der Waals surface area contributed by atoms with Crippen molar-refractivity contribution >= 4 is 11.6 Å². The maximum Gasteiger partial charge on any atom is 0.127 e. The molecule has 1 nitrogen and oxygen atoms in total. The van der Waals surface area contributed by atoms with Crippen LogP contribution in [0.4, 0.5) is 4.39 Å². The summed E-state index contributed by atoms with van der Waals surface area (Å²) in [6.07, 6.45) is 3.99. The van der Waals surface area contributed by atoms with Crippen molar-refractivity contribution in [2.24, 2.45) is 11.7 Å². The molecule has 2 atom stereocenters. The summed E-state index contributed by atoms with van der Waals surface area (Å²) in [6.45, 7) is 0. The molecule has 0 bridgehead atoms. The molecule has 0 aliphatic heterocycles. The molecule has 1 aliphatic rings. The Hall–Kier alpha value is -0.600. The zero-order valence-electron chi connectivity index (χ0n) is 8.55. The zero-order chi connectivity index (χ0) is 10.8. The number of hydrogen-bond acceptors (Lipinski definition) is 1. The highest BCUT2D eigenvalue weighted by Gasteiger charge is 2.22. The van der Waals surface area contributed by atoms with Gasteiger partial charge in [0.05, 0.1) is 0 Å². The molecule has 1 aromatic carbocycles. The van der Waals surface area contributed by atoms with Gasteiger partial charge in [-0.15, -0.1) is 0 Å². The van der Waals surface area contributed by atoms with Gasteiger partial charge >= 0.3 is 0 Å². The lowest BCUT2D eigenvalue weighted by Crippen LogP contribution is -2.15. The lowest BCUT2D eigenvalue weighted by atomic mass is 9.97. The van der Waals surface area contributed by atoms with Crippen molar-refractivity contribution in [2.45, 2.75) is 31.7 Å². The minimum absolute atomic E-state index is 0.192. The van der Waals surface area contributed by atoms with E-state index in [9.17, 15) is 4.39 Å². The van der Waals surface area contributed by atoms with Gasteiger partial charge in [0.2, 0.25) is 0 Å². The van der Waals surface area contributed by atoms with Crippen LogP contribution >= 0.6 is 11.6 Å². The maximum absolute atomic E-state index is 13.5. The van der Waals surface area contributed by atoms with Crippen LogP contribution in [0.5, 0.6) is 0 Å². The topological polar surface area (TPSA) is 26.0 Å². The lowest BCUT2D eigenvalue weighted by Gasteiger charge is -2.10. The SMILES string of the molecule is NC1CCC(Cc2ccc(Cl)cc2F)C1. The van der Waals surface area contributed by atoms with Gasteiger partial charge < -0.3 is 5.73 Å². The Morgan fingerprint density at radius 3 is 2.80 bits per heavy atom. The van der Waals surface area contributed by atoms with Crippen LogP contribution in [-0.2, 0) is 6.42 Å². The molecule has 2 rings (SSSR count). The summed E-state index contributed by atoms with van der Waals surface area (Å²) >= 11 is 5.70. The van der Waals surface area contributed by atoms with E-state index in [1.54, 1.807) is 12.1 Å². The van der Waals surface area contributed by atoms with Crippen LogP contribution in [0.1, 0.15) is 24.8 Å².